The molecule has 1 aliphatic heterocycles. The Bertz CT molecular complexity index is 1530. The van der Waals surface area contributed by atoms with Crippen LogP contribution in [0.5, 0.6) is 5.75 Å². The van der Waals surface area contributed by atoms with Gasteiger partial charge in [0.15, 0.2) is 0 Å². The number of aliphatic hydroxyl groups excluding tert-OH is 1. The fourth-order valence-electron chi connectivity index (χ4n) is 4.09. The predicted molar refractivity (Wildman–Crippen MR) is 125 cm³/mol. The molecule has 1 aliphatic rings. The number of pyridine rings is 1. The molecule has 1 atom stereocenters. The lowest BCUT2D eigenvalue weighted by molar-refractivity contribution is -0.132. The lowest BCUT2D eigenvalue weighted by Crippen LogP contribution is -2.30. The first kappa shape index (κ1) is 21.8. The van der Waals surface area contributed by atoms with Crippen molar-refractivity contribution in [1.29, 1.82) is 0 Å². The fourth-order valence-corrected chi connectivity index (χ4v) is 4.09. The highest BCUT2D eigenvalue weighted by Crippen LogP contribution is 2.42. The van der Waals surface area contributed by atoms with Crippen LogP contribution in [0.3, 0.4) is 0 Å². The summed E-state index contributed by atoms with van der Waals surface area (Å²) in [5.74, 6) is -2.73. The molecule has 0 spiro atoms. The van der Waals surface area contributed by atoms with Gasteiger partial charge in [-0.2, -0.15) is 0 Å². The Kier molecular flexibility index (Phi) is 5.25. The van der Waals surface area contributed by atoms with Gasteiger partial charge >= 0.3 is 11.9 Å². The van der Waals surface area contributed by atoms with Crippen LogP contribution in [0.2, 0.25) is 0 Å². The van der Waals surface area contributed by atoms with Crippen LogP contribution in [0.4, 0.5) is 5.95 Å². The molecule has 1 amide bonds. The monoisotopic (exact) mass is 470 g/mol. The van der Waals surface area contributed by atoms with E-state index in [1.165, 1.54) is 49.8 Å². The Morgan fingerprint density at radius 2 is 1.80 bits per heavy atom. The second-order valence-electron chi connectivity index (χ2n) is 7.78. The zero-order valence-corrected chi connectivity index (χ0v) is 18.3. The molecule has 1 saturated heterocycles. The normalized spacial score (nSPS) is 17.2. The summed E-state index contributed by atoms with van der Waals surface area (Å²) in [6, 6.07) is 13.1. The third-order valence-corrected chi connectivity index (χ3v) is 5.75. The largest absolute Gasteiger partial charge is 0.507 e. The van der Waals surface area contributed by atoms with E-state index in [0.717, 1.165) is 4.90 Å². The number of amides is 1. The molecule has 3 N–H and O–H groups in total. The SMILES string of the molecule is COc1cccc(C2/C(=C(\O)c3ccncc3)C(=O)C(=O)N2c2nc3ccc(C(=O)O)cc3[nH]2)c1. The molecule has 3 heterocycles. The molecule has 35 heavy (non-hydrogen) atoms. The maximum atomic E-state index is 13.3. The van der Waals surface area contributed by atoms with Crippen molar-refractivity contribution in [2.24, 2.45) is 0 Å². The van der Waals surface area contributed by atoms with Crippen LogP contribution in [-0.2, 0) is 9.59 Å². The molecule has 10 heteroatoms. The van der Waals surface area contributed by atoms with Crippen LogP contribution in [-0.4, -0.2) is 49.9 Å². The molecular weight excluding hydrogens is 452 g/mol. The number of nitrogens with one attached hydrogen (secondary N) is 1. The number of hydrogen-bond donors (Lipinski definition) is 3. The average Bonchev–Trinajstić information content (AvgIpc) is 3.41. The molecular formula is C25H18N4O6. The van der Waals surface area contributed by atoms with E-state index in [1.54, 1.807) is 24.3 Å². The number of aromatic carboxylic acids is 1. The van der Waals surface area contributed by atoms with E-state index in [-0.39, 0.29) is 22.8 Å². The number of carbonyl (C=O) groups excluding carboxylic acids is 2. The van der Waals surface area contributed by atoms with Crippen molar-refractivity contribution in [3.63, 3.8) is 0 Å². The number of H-pyrrole nitrogens is 1. The summed E-state index contributed by atoms with van der Waals surface area (Å²) in [6.07, 6.45) is 2.93. The number of carbonyl (C=O) groups is 3. The number of aliphatic hydroxyl groups is 1. The number of aromatic amines is 1. The standard InChI is InChI=1S/C25H18N4O6/c1-35-16-4-2-3-14(11-16)20-19(21(30)13-7-9-26-10-8-13)22(31)23(32)29(20)25-27-17-6-5-15(24(33)34)12-18(17)28-25/h2-12,20,30H,1H3,(H,27,28)(H,33,34)/b21-19+. The number of hydrogen-bond acceptors (Lipinski definition) is 7. The Labute approximate surface area is 198 Å². The van der Waals surface area contributed by atoms with Gasteiger partial charge in [0.1, 0.15) is 11.5 Å². The number of ether oxygens (including phenoxy) is 1. The van der Waals surface area contributed by atoms with E-state index in [4.69, 9.17) is 4.74 Å². The number of imidazole rings is 1. The maximum absolute atomic E-state index is 13.3. The van der Waals surface area contributed by atoms with Crippen molar-refractivity contribution in [2.75, 3.05) is 12.0 Å². The van der Waals surface area contributed by atoms with E-state index >= 15 is 0 Å². The molecule has 4 aromatic rings. The number of Topliss-reactive ketones (excluding diaryl/α,β-unsaturated/α-hetero) is 1. The number of ketones is 1. The number of carboxylic acids is 1. The topological polar surface area (TPSA) is 146 Å². The maximum Gasteiger partial charge on any atom is 0.335 e. The number of methoxy groups -OCH3 is 1. The van der Waals surface area contributed by atoms with Crippen molar-refractivity contribution in [3.05, 3.63) is 89.3 Å². The number of aromatic nitrogens is 3. The van der Waals surface area contributed by atoms with Crippen LogP contribution in [0.15, 0.2) is 72.6 Å². The first-order valence-electron chi connectivity index (χ1n) is 10.5. The van der Waals surface area contributed by atoms with Gasteiger partial charge in [-0.3, -0.25) is 19.5 Å². The highest BCUT2D eigenvalue weighted by atomic mass is 16.5. The zero-order chi connectivity index (χ0) is 24.7. The van der Waals surface area contributed by atoms with Crippen LogP contribution in [0, 0.1) is 0 Å². The van der Waals surface area contributed by atoms with Gasteiger partial charge in [-0.25, -0.2) is 9.78 Å². The smallest absolute Gasteiger partial charge is 0.335 e. The summed E-state index contributed by atoms with van der Waals surface area (Å²) < 4.78 is 5.32. The van der Waals surface area contributed by atoms with E-state index in [9.17, 15) is 24.6 Å². The Hall–Kier alpha value is -4.99. The molecule has 0 aliphatic carbocycles. The van der Waals surface area contributed by atoms with Crippen LogP contribution in [0.25, 0.3) is 16.8 Å². The lowest BCUT2D eigenvalue weighted by Gasteiger charge is -2.23. The molecule has 174 valence electrons. The molecule has 1 fully saturated rings. The second kappa shape index (κ2) is 8.41. The summed E-state index contributed by atoms with van der Waals surface area (Å²) in [5.41, 5.74) is 1.52. The minimum atomic E-state index is -1.11. The van der Waals surface area contributed by atoms with Crippen molar-refractivity contribution >= 4 is 40.4 Å². The van der Waals surface area contributed by atoms with Crippen molar-refractivity contribution in [1.82, 2.24) is 15.0 Å². The summed E-state index contributed by atoms with van der Waals surface area (Å²) in [7, 11) is 1.49. The number of anilines is 1. The van der Waals surface area contributed by atoms with E-state index < -0.39 is 23.7 Å². The number of nitrogens with zero attached hydrogens (tertiary/aromatic N) is 3. The van der Waals surface area contributed by atoms with Gasteiger partial charge in [0, 0.05) is 18.0 Å². The summed E-state index contributed by atoms with van der Waals surface area (Å²) in [4.78, 5) is 50.3. The Balaban J connectivity index is 1.73. The quantitative estimate of drug-likeness (QED) is 0.229. The average molecular weight is 470 g/mol. The van der Waals surface area contributed by atoms with Gasteiger partial charge in [0.2, 0.25) is 5.95 Å². The molecule has 5 rings (SSSR count). The number of fused-ring (bicyclic) bond motifs is 1. The van der Waals surface area contributed by atoms with Crippen molar-refractivity contribution < 1.29 is 29.3 Å². The minimum absolute atomic E-state index is 0.0336. The van der Waals surface area contributed by atoms with Crippen LogP contribution < -0.4 is 9.64 Å². The van der Waals surface area contributed by atoms with Crippen molar-refractivity contribution in [2.45, 2.75) is 6.04 Å². The van der Waals surface area contributed by atoms with Gasteiger partial charge in [0.25, 0.3) is 5.78 Å². The first-order chi connectivity index (χ1) is 16.9. The van der Waals surface area contributed by atoms with Gasteiger partial charge in [-0.05, 0) is 48.0 Å². The number of benzene rings is 2. The predicted octanol–water partition coefficient (Wildman–Crippen LogP) is 3.29. The first-order valence-corrected chi connectivity index (χ1v) is 10.5. The zero-order valence-electron chi connectivity index (χ0n) is 18.3. The van der Waals surface area contributed by atoms with Gasteiger partial charge in [0.05, 0.1) is 35.3 Å². The molecule has 0 bridgehead atoms. The molecule has 2 aromatic heterocycles. The Morgan fingerprint density at radius 3 is 2.51 bits per heavy atom. The van der Waals surface area contributed by atoms with E-state index in [1.807, 2.05) is 0 Å². The highest BCUT2D eigenvalue weighted by Gasteiger charge is 2.48. The Morgan fingerprint density at radius 1 is 1.03 bits per heavy atom. The molecule has 0 radical (unpaired) electrons. The lowest BCUT2D eigenvalue weighted by atomic mass is 9.95. The van der Waals surface area contributed by atoms with E-state index in [2.05, 4.69) is 15.0 Å². The fraction of sp³-hybridized carbons (Fsp3) is 0.0800. The van der Waals surface area contributed by atoms with Gasteiger partial charge < -0.3 is 19.9 Å². The molecule has 1 unspecified atom stereocenters. The summed E-state index contributed by atoms with van der Waals surface area (Å²) >= 11 is 0. The third-order valence-electron chi connectivity index (χ3n) is 5.75. The van der Waals surface area contributed by atoms with Crippen molar-refractivity contribution in [3.8, 4) is 5.75 Å². The summed E-state index contributed by atoms with van der Waals surface area (Å²) in [5, 5.41) is 20.4. The molecule has 0 saturated carbocycles. The second-order valence-corrected chi connectivity index (χ2v) is 7.78. The molecule has 2 aromatic carbocycles. The molecule has 10 nitrogen and oxygen atoms in total. The van der Waals surface area contributed by atoms with E-state index in [0.29, 0.717) is 27.9 Å². The number of rotatable bonds is 5. The van der Waals surface area contributed by atoms with Crippen LogP contribution >= 0.6 is 0 Å². The minimum Gasteiger partial charge on any atom is -0.507 e. The van der Waals surface area contributed by atoms with Gasteiger partial charge in [-0.15, -0.1) is 0 Å². The summed E-state index contributed by atoms with van der Waals surface area (Å²) in [6.45, 7) is 0. The highest BCUT2D eigenvalue weighted by molar-refractivity contribution is 6.51. The third kappa shape index (κ3) is 3.66. The van der Waals surface area contributed by atoms with Crippen LogP contribution in [0.1, 0.15) is 27.5 Å². The van der Waals surface area contributed by atoms with Gasteiger partial charge in [-0.1, -0.05) is 12.1 Å². The number of carboxylic acid groups (broad SMARTS) is 1.